The molecule has 0 radical (unpaired) electrons. The van der Waals surface area contributed by atoms with Crippen LogP contribution in [0.25, 0.3) is 6.08 Å². The standard InChI is InChI=1S/C20H22N2O3/c1-13(10-14-8-6-5-7-9-14)19-21-16-12-18(25-4)17(24-3)11-15(16)20(23)22(19)2/h5-12,19,21H,1-4H3. The zero-order valence-electron chi connectivity index (χ0n) is 14.9. The van der Waals surface area contributed by atoms with Crippen molar-refractivity contribution in [2.24, 2.45) is 0 Å². The number of likely N-dealkylation sites (N-methyl/N-ethyl adjacent to an activating group) is 1. The zero-order valence-corrected chi connectivity index (χ0v) is 14.9. The van der Waals surface area contributed by atoms with E-state index < -0.39 is 0 Å². The molecule has 1 aliphatic heterocycles. The molecule has 0 fully saturated rings. The minimum Gasteiger partial charge on any atom is -0.493 e. The molecule has 3 rings (SSSR count). The average molecular weight is 338 g/mol. The first-order chi connectivity index (χ1) is 12.0. The molecule has 1 aliphatic rings. The molecule has 0 saturated heterocycles. The van der Waals surface area contributed by atoms with Gasteiger partial charge >= 0.3 is 0 Å². The maximum absolute atomic E-state index is 12.8. The topological polar surface area (TPSA) is 50.8 Å². The molecule has 0 aromatic heterocycles. The van der Waals surface area contributed by atoms with Crippen molar-refractivity contribution in [3.8, 4) is 11.5 Å². The van der Waals surface area contributed by atoms with Crippen molar-refractivity contribution in [3.63, 3.8) is 0 Å². The summed E-state index contributed by atoms with van der Waals surface area (Å²) in [6.45, 7) is 2.01. The number of fused-ring (bicyclic) bond motifs is 1. The van der Waals surface area contributed by atoms with E-state index in [4.69, 9.17) is 9.47 Å². The lowest BCUT2D eigenvalue weighted by Crippen LogP contribution is -2.47. The molecule has 130 valence electrons. The summed E-state index contributed by atoms with van der Waals surface area (Å²) in [7, 11) is 4.94. The number of rotatable bonds is 4. The van der Waals surface area contributed by atoms with E-state index in [0.717, 1.165) is 16.8 Å². The van der Waals surface area contributed by atoms with Crippen LogP contribution in [-0.4, -0.2) is 38.2 Å². The van der Waals surface area contributed by atoms with Gasteiger partial charge in [0, 0.05) is 13.1 Å². The van der Waals surface area contributed by atoms with Crippen molar-refractivity contribution in [1.82, 2.24) is 4.90 Å². The number of carbonyl (C=O) groups excluding carboxylic acids is 1. The second-order valence-electron chi connectivity index (χ2n) is 6.01. The number of carbonyl (C=O) groups is 1. The molecule has 0 aliphatic carbocycles. The molecule has 5 nitrogen and oxygen atoms in total. The van der Waals surface area contributed by atoms with E-state index in [0.29, 0.717) is 17.1 Å². The lowest BCUT2D eigenvalue weighted by atomic mass is 10.0. The van der Waals surface area contributed by atoms with E-state index >= 15 is 0 Å². The monoisotopic (exact) mass is 338 g/mol. The van der Waals surface area contributed by atoms with E-state index in [1.54, 1.807) is 32.2 Å². The fourth-order valence-corrected chi connectivity index (χ4v) is 3.04. The average Bonchev–Trinajstić information content (AvgIpc) is 2.64. The first kappa shape index (κ1) is 16.9. The van der Waals surface area contributed by atoms with Gasteiger partial charge in [0.2, 0.25) is 0 Å². The molecule has 1 heterocycles. The lowest BCUT2D eigenvalue weighted by Gasteiger charge is -2.36. The van der Waals surface area contributed by atoms with Gasteiger partial charge in [-0.1, -0.05) is 36.4 Å². The summed E-state index contributed by atoms with van der Waals surface area (Å²) in [5.74, 6) is 1.08. The van der Waals surface area contributed by atoms with Gasteiger partial charge in [0.15, 0.2) is 11.5 Å². The van der Waals surface area contributed by atoms with Gasteiger partial charge in [0.25, 0.3) is 5.91 Å². The molecule has 1 N–H and O–H groups in total. The molecular formula is C20H22N2O3. The Bertz CT molecular complexity index is 815. The van der Waals surface area contributed by atoms with Crippen LogP contribution in [-0.2, 0) is 0 Å². The summed E-state index contributed by atoms with van der Waals surface area (Å²) < 4.78 is 10.7. The highest BCUT2D eigenvalue weighted by atomic mass is 16.5. The zero-order chi connectivity index (χ0) is 18.0. The van der Waals surface area contributed by atoms with E-state index in [-0.39, 0.29) is 12.1 Å². The van der Waals surface area contributed by atoms with Gasteiger partial charge < -0.3 is 19.7 Å². The Morgan fingerprint density at radius 3 is 2.40 bits per heavy atom. The third-order valence-corrected chi connectivity index (χ3v) is 4.38. The quantitative estimate of drug-likeness (QED) is 0.925. The molecule has 2 aromatic carbocycles. The van der Waals surface area contributed by atoms with E-state index in [1.165, 1.54) is 0 Å². The number of hydrogen-bond donors (Lipinski definition) is 1. The number of nitrogens with one attached hydrogen (secondary N) is 1. The highest BCUT2D eigenvalue weighted by Crippen LogP contribution is 2.37. The van der Waals surface area contributed by atoms with Crippen LogP contribution in [0.4, 0.5) is 5.69 Å². The molecule has 1 amide bonds. The van der Waals surface area contributed by atoms with Crippen molar-refractivity contribution in [1.29, 1.82) is 0 Å². The molecule has 1 unspecified atom stereocenters. The normalized spacial score (nSPS) is 17.0. The van der Waals surface area contributed by atoms with Gasteiger partial charge in [-0.05, 0) is 24.1 Å². The smallest absolute Gasteiger partial charge is 0.257 e. The third kappa shape index (κ3) is 3.18. The van der Waals surface area contributed by atoms with Crippen molar-refractivity contribution >= 4 is 17.7 Å². The van der Waals surface area contributed by atoms with Crippen LogP contribution in [0.2, 0.25) is 0 Å². The molecule has 0 saturated carbocycles. The Balaban J connectivity index is 1.98. The molecule has 2 aromatic rings. The van der Waals surface area contributed by atoms with Gasteiger partial charge in [-0.3, -0.25) is 4.79 Å². The van der Waals surface area contributed by atoms with Crippen LogP contribution in [0, 0.1) is 0 Å². The number of ether oxygens (including phenoxy) is 2. The Hall–Kier alpha value is -2.95. The fraction of sp³-hybridized carbons (Fsp3) is 0.250. The molecular weight excluding hydrogens is 316 g/mol. The number of hydrogen-bond acceptors (Lipinski definition) is 4. The molecule has 0 bridgehead atoms. The van der Waals surface area contributed by atoms with Crippen molar-refractivity contribution < 1.29 is 14.3 Å². The maximum atomic E-state index is 12.8. The van der Waals surface area contributed by atoms with Crippen LogP contribution >= 0.6 is 0 Å². The van der Waals surface area contributed by atoms with E-state index in [2.05, 4.69) is 11.4 Å². The second kappa shape index (κ2) is 6.89. The minimum atomic E-state index is -0.224. The first-order valence-electron chi connectivity index (χ1n) is 8.08. The van der Waals surface area contributed by atoms with E-state index in [1.807, 2.05) is 43.3 Å². The summed E-state index contributed by atoms with van der Waals surface area (Å²) in [5.41, 5.74) is 3.46. The highest BCUT2D eigenvalue weighted by Gasteiger charge is 2.31. The van der Waals surface area contributed by atoms with Gasteiger partial charge in [0.1, 0.15) is 6.17 Å². The Labute approximate surface area is 147 Å². The van der Waals surface area contributed by atoms with Crippen molar-refractivity contribution in [3.05, 3.63) is 59.2 Å². The van der Waals surface area contributed by atoms with Crippen LogP contribution in [0.15, 0.2) is 48.0 Å². The molecule has 25 heavy (non-hydrogen) atoms. The third-order valence-electron chi connectivity index (χ3n) is 4.38. The Morgan fingerprint density at radius 1 is 1.12 bits per heavy atom. The lowest BCUT2D eigenvalue weighted by molar-refractivity contribution is 0.0757. The molecule has 5 heteroatoms. The number of methoxy groups -OCH3 is 2. The number of anilines is 1. The summed E-state index contributed by atoms with van der Waals surface area (Å²) >= 11 is 0. The summed E-state index contributed by atoms with van der Waals surface area (Å²) in [6.07, 6.45) is 1.85. The first-order valence-corrected chi connectivity index (χ1v) is 8.08. The van der Waals surface area contributed by atoms with Crippen LogP contribution in [0.5, 0.6) is 11.5 Å². The fourth-order valence-electron chi connectivity index (χ4n) is 3.04. The second-order valence-corrected chi connectivity index (χ2v) is 6.01. The number of amides is 1. The van der Waals surface area contributed by atoms with Crippen LogP contribution in [0.3, 0.4) is 0 Å². The van der Waals surface area contributed by atoms with Crippen molar-refractivity contribution in [2.45, 2.75) is 13.1 Å². The summed E-state index contributed by atoms with van der Waals surface area (Å²) in [4.78, 5) is 14.5. The Kier molecular flexibility index (Phi) is 4.65. The predicted molar refractivity (Wildman–Crippen MR) is 99.1 cm³/mol. The van der Waals surface area contributed by atoms with Crippen LogP contribution < -0.4 is 14.8 Å². The van der Waals surface area contributed by atoms with Crippen molar-refractivity contribution in [2.75, 3.05) is 26.6 Å². The Morgan fingerprint density at radius 2 is 1.76 bits per heavy atom. The molecule has 0 spiro atoms. The van der Waals surface area contributed by atoms with Gasteiger partial charge in [-0.2, -0.15) is 0 Å². The molecule has 1 atom stereocenters. The van der Waals surface area contributed by atoms with Gasteiger partial charge in [-0.15, -0.1) is 0 Å². The minimum absolute atomic E-state index is 0.0551. The van der Waals surface area contributed by atoms with Gasteiger partial charge in [0.05, 0.1) is 25.5 Å². The van der Waals surface area contributed by atoms with Gasteiger partial charge in [-0.25, -0.2) is 0 Å². The number of nitrogens with zero attached hydrogens (tertiary/aromatic N) is 1. The summed E-state index contributed by atoms with van der Waals surface area (Å²) in [6, 6.07) is 13.6. The predicted octanol–water partition coefficient (Wildman–Crippen LogP) is 3.63. The largest absolute Gasteiger partial charge is 0.493 e. The highest BCUT2D eigenvalue weighted by molar-refractivity contribution is 6.02. The maximum Gasteiger partial charge on any atom is 0.257 e. The number of benzene rings is 2. The van der Waals surface area contributed by atoms with Crippen LogP contribution in [0.1, 0.15) is 22.8 Å². The van der Waals surface area contributed by atoms with E-state index in [9.17, 15) is 4.79 Å². The summed E-state index contributed by atoms with van der Waals surface area (Å²) in [5, 5.41) is 3.42. The SMILES string of the molecule is COc1cc2c(cc1OC)C(=O)N(C)C(C(C)=Cc1ccccc1)N2.